The monoisotopic (exact) mass is 512 g/mol. The van der Waals surface area contributed by atoms with Crippen LogP contribution in [0.3, 0.4) is 0 Å². The molecule has 39 heavy (non-hydrogen) atoms. The standard InChI is InChI=1S/C31H28N8/c1-2-6-23(7-3-1)27-18-25(31-34-36-37-35-31)19-32-30(27)24-12-10-22(11-13-24)20-38-16-14-26(15-17-38)39-21-33-28-8-4-5-9-29(28)39/h1-13,18-19,21,26H,14-17,20H2,(H,34,35,36,37). The molecule has 3 aromatic heterocycles. The van der Waals surface area contributed by atoms with Gasteiger partial charge in [-0.2, -0.15) is 5.21 Å². The molecule has 0 spiro atoms. The van der Waals surface area contributed by atoms with Crippen LogP contribution in [-0.2, 0) is 6.54 Å². The predicted molar refractivity (Wildman–Crippen MR) is 152 cm³/mol. The molecule has 1 saturated heterocycles. The zero-order chi connectivity index (χ0) is 26.0. The first-order chi connectivity index (χ1) is 19.3. The minimum atomic E-state index is 0.508. The van der Waals surface area contributed by atoms with Gasteiger partial charge in [-0.1, -0.05) is 66.7 Å². The molecular formula is C31H28N8. The molecule has 1 aliphatic rings. The van der Waals surface area contributed by atoms with E-state index in [1.165, 1.54) is 11.1 Å². The molecule has 0 radical (unpaired) electrons. The van der Waals surface area contributed by atoms with Gasteiger partial charge in [0.25, 0.3) is 0 Å². The van der Waals surface area contributed by atoms with Crippen molar-refractivity contribution in [3.63, 3.8) is 0 Å². The molecule has 3 aromatic carbocycles. The van der Waals surface area contributed by atoms with E-state index in [9.17, 15) is 0 Å². The Morgan fingerprint density at radius 2 is 1.59 bits per heavy atom. The maximum absolute atomic E-state index is 4.84. The number of likely N-dealkylation sites (tertiary alicyclic amines) is 1. The summed E-state index contributed by atoms with van der Waals surface area (Å²) in [6, 6.07) is 30.1. The number of para-hydroxylation sites is 2. The number of rotatable bonds is 6. The summed E-state index contributed by atoms with van der Waals surface area (Å²) in [4.78, 5) is 12.0. The smallest absolute Gasteiger partial charge is 0.206 e. The summed E-state index contributed by atoms with van der Waals surface area (Å²) in [5.41, 5.74) is 8.62. The van der Waals surface area contributed by atoms with Gasteiger partial charge in [0.05, 0.1) is 23.1 Å². The van der Waals surface area contributed by atoms with E-state index < -0.39 is 0 Å². The maximum atomic E-state index is 4.84. The quantitative estimate of drug-likeness (QED) is 0.304. The molecule has 0 aliphatic carbocycles. The highest BCUT2D eigenvalue weighted by Gasteiger charge is 2.22. The molecule has 0 bridgehead atoms. The minimum Gasteiger partial charge on any atom is -0.327 e. The first-order valence-corrected chi connectivity index (χ1v) is 13.3. The molecule has 6 aromatic rings. The van der Waals surface area contributed by atoms with Crippen LogP contribution in [0, 0.1) is 0 Å². The molecule has 7 rings (SSSR count). The molecule has 0 atom stereocenters. The van der Waals surface area contributed by atoms with Crippen molar-refractivity contribution in [3.05, 3.63) is 103 Å². The van der Waals surface area contributed by atoms with Gasteiger partial charge in [-0.05, 0) is 47.4 Å². The number of nitrogens with one attached hydrogen (secondary N) is 1. The second-order valence-electron chi connectivity index (χ2n) is 10.1. The number of pyridine rings is 1. The van der Waals surface area contributed by atoms with Gasteiger partial charge in [0.1, 0.15) is 0 Å². The fraction of sp³-hybridized carbons (Fsp3) is 0.194. The predicted octanol–water partition coefficient (Wildman–Crippen LogP) is 5.78. The number of nitrogens with zero attached hydrogens (tertiary/aromatic N) is 7. The molecule has 192 valence electrons. The van der Waals surface area contributed by atoms with Crippen molar-refractivity contribution in [2.24, 2.45) is 0 Å². The number of hydrogen-bond acceptors (Lipinski definition) is 6. The molecule has 1 fully saturated rings. The number of benzene rings is 3. The molecule has 0 amide bonds. The Kier molecular flexibility index (Phi) is 6.14. The van der Waals surface area contributed by atoms with Gasteiger partial charge in [0, 0.05) is 48.6 Å². The second-order valence-corrected chi connectivity index (χ2v) is 10.1. The zero-order valence-corrected chi connectivity index (χ0v) is 21.5. The van der Waals surface area contributed by atoms with E-state index in [4.69, 9.17) is 4.98 Å². The Balaban J connectivity index is 1.07. The van der Waals surface area contributed by atoms with Crippen LogP contribution in [0.25, 0.3) is 44.8 Å². The highest BCUT2D eigenvalue weighted by atomic mass is 15.5. The van der Waals surface area contributed by atoms with Crippen molar-refractivity contribution in [1.29, 1.82) is 0 Å². The number of hydrogen-bond donors (Lipinski definition) is 1. The molecule has 8 heteroatoms. The third-order valence-electron chi connectivity index (χ3n) is 7.64. The molecule has 0 saturated carbocycles. The van der Waals surface area contributed by atoms with E-state index in [-0.39, 0.29) is 0 Å². The van der Waals surface area contributed by atoms with E-state index in [0.29, 0.717) is 11.9 Å². The van der Waals surface area contributed by atoms with E-state index in [1.807, 2.05) is 30.7 Å². The third kappa shape index (κ3) is 4.70. The summed E-state index contributed by atoms with van der Waals surface area (Å²) in [6.45, 7) is 3.11. The lowest BCUT2D eigenvalue weighted by Crippen LogP contribution is -2.34. The average molecular weight is 513 g/mol. The first kappa shape index (κ1) is 23.4. The molecular weight excluding hydrogens is 484 g/mol. The average Bonchev–Trinajstić information content (AvgIpc) is 3.69. The molecule has 8 nitrogen and oxygen atoms in total. The van der Waals surface area contributed by atoms with Crippen LogP contribution in [0.2, 0.25) is 0 Å². The summed E-state index contributed by atoms with van der Waals surface area (Å²) in [6.07, 6.45) is 6.09. The van der Waals surface area contributed by atoms with Crippen LogP contribution in [0.4, 0.5) is 0 Å². The normalized spacial score (nSPS) is 14.7. The van der Waals surface area contributed by atoms with Gasteiger partial charge in [0.2, 0.25) is 5.82 Å². The fourth-order valence-electron chi connectivity index (χ4n) is 5.59. The number of imidazole rings is 1. The van der Waals surface area contributed by atoms with Crippen molar-refractivity contribution in [2.75, 3.05) is 13.1 Å². The summed E-state index contributed by atoms with van der Waals surface area (Å²) >= 11 is 0. The lowest BCUT2D eigenvalue weighted by Gasteiger charge is -2.33. The summed E-state index contributed by atoms with van der Waals surface area (Å²) < 4.78 is 2.36. The van der Waals surface area contributed by atoms with E-state index in [2.05, 4.69) is 102 Å². The van der Waals surface area contributed by atoms with Gasteiger partial charge in [0.15, 0.2) is 0 Å². The Hall–Kier alpha value is -4.69. The van der Waals surface area contributed by atoms with Crippen LogP contribution in [0.1, 0.15) is 24.4 Å². The van der Waals surface area contributed by atoms with E-state index in [1.54, 1.807) is 0 Å². The highest BCUT2D eigenvalue weighted by Crippen LogP contribution is 2.33. The van der Waals surface area contributed by atoms with Crippen molar-refractivity contribution in [2.45, 2.75) is 25.4 Å². The number of H-pyrrole nitrogens is 1. The Bertz CT molecular complexity index is 1680. The van der Waals surface area contributed by atoms with Gasteiger partial charge in [-0.15, -0.1) is 10.2 Å². The van der Waals surface area contributed by atoms with Crippen molar-refractivity contribution >= 4 is 11.0 Å². The van der Waals surface area contributed by atoms with Crippen molar-refractivity contribution < 1.29 is 0 Å². The van der Waals surface area contributed by atoms with Crippen LogP contribution >= 0.6 is 0 Å². The summed E-state index contributed by atoms with van der Waals surface area (Å²) in [5, 5.41) is 14.5. The molecule has 0 unspecified atom stereocenters. The molecule has 1 aliphatic heterocycles. The minimum absolute atomic E-state index is 0.508. The first-order valence-electron chi connectivity index (χ1n) is 13.3. The van der Waals surface area contributed by atoms with Gasteiger partial charge >= 0.3 is 0 Å². The highest BCUT2D eigenvalue weighted by molar-refractivity contribution is 5.83. The maximum Gasteiger partial charge on any atom is 0.206 e. The van der Waals surface area contributed by atoms with E-state index in [0.717, 1.165) is 65.9 Å². The van der Waals surface area contributed by atoms with Crippen molar-refractivity contribution in [3.8, 4) is 33.8 Å². The number of fused-ring (bicyclic) bond motifs is 1. The Morgan fingerprint density at radius 1 is 0.795 bits per heavy atom. The molecule has 1 N–H and O–H groups in total. The van der Waals surface area contributed by atoms with Crippen LogP contribution in [0.15, 0.2) is 97.5 Å². The largest absolute Gasteiger partial charge is 0.327 e. The van der Waals surface area contributed by atoms with Gasteiger partial charge < -0.3 is 4.57 Å². The topological polar surface area (TPSA) is 88.4 Å². The third-order valence-corrected chi connectivity index (χ3v) is 7.64. The van der Waals surface area contributed by atoms with Gasteiger partial charge in [-0.25, -0.2) is 4.98 Å². The van der Waals surface area contributed by atoms with Crippen molar-refractivity contribution in [1.82, 2.24) is 40.1 Å². The zero-order valence-electron chi connectivity index (χ0n) is 21.5. The Morgan fingerprint density at radius 3 is 2.38 bits per heavy atom. The summed E-state index contributed by atoms with van der Waals surface area (Å²) in [7, 11) is 0. The number of tetrazole rings is 1. The van der Waals surface area contributed by atoms with Crippen LogP contribution in [-0.4, -0.2) is 53.1 Å². The van der Waals surface area contributed by atoms with Crippen LogP contribution < -0.4 is 0 Å². The number of aromatic nitrogens is 7. The van der Waals surface area contributed by atoms with Crippen LogP contribution in [0.5, 0.6) is 0 Å². The van der Waals surface area contributed by atoms with Gasteiger partial charge in [-0.3, -0.25) is 9.88 Å². The lowest BCUT2D eigenvalue weighted by atomic mass is 9.97. The fourth-order valence-corrected chi connectivity index (χ4v) is 5.59. The molecule has 4 heterocycles. The SMILES string of the molecule is c1ccc(-c2cc(-c3nn[nH]n3)cnc2-c2ccc(CN3CCC(n4cnc5ccccc54)CC3)cc2)cc1. The number of piperidine rings is 1. The second kappa shape index (κ2) is 10.2. The Labute approximate surface area is 226 Å². The van der Waals surface area contributed by atoms with E-state index >= 15 is 0 Å². The summed E-state index contributed by atoms with van der Waals surface area (Å²) in [5.74, 6) is 0.534. The number of aromatic amines is 1. The lowest BCUT2D eigenvalue weighted by molar-refractivity contribution is 0.181.